The molecule has 2 N–H and O–H groups in total. The molecule has 0 radical (unpaired) electrons. The molecule has 1 aliphatic rings. The van der Waals surface area contributed by atoms with Crippen LogP contribution in [0.2, 0.25) is 0 Å². The minimum atomic E-state index is -0.110. The second-order valence-electron chi connectivity index (χ2n) is 5.47. The van der Waals surface area contributed by atoms with Crippen molar-refractivity contribution in [1.29, 1.82) is 0 Å². The Morgan fingerprint density at radius 3 is 2.91 bits per heavy atom. The molecular formula is C18H20N2O2. The Hall–Kier alpha value is -2.49. The molecule has 0 saturated heterocycles. The van der Waals surface area contributed by atoms with E-state index in [-0.39, 0.29) is 12.5 Å². The number of aryl methyl sites for hydroxylation is 1. The maximum Gasteiger partial charge on any atom is 0.262 e. The molecule has 0 aliphatic carbocycles. The van der Waals surface area contributed by atoms with Gasteiger partial charge in [0.2, 0.25) is 0 Å². The molecule has 1 aliphatic heterocycles. The van der Waals surface area contributed by atoms with Gasteiger partial charge < -0.3 is 15.4 Å². The summed E-state index contributed by atoms with van der Waals surface area (Å²) in [6.07, 6.45) is 2.27. The van der Waals surface area contributed by atoms with E-state index in [4.69, 9.17) is 4.74 Å². The van der Waals surface area contributed by atoms with E-state index in [0.717, 1.165) is 30.8 Å². The van der Waals surface area contributed by atoms with E-state index >= 15 is 0 Å². The third-order valence-electron chi connectivity index (χ3n) is 3.64. The molecule has 3 rings (SSSR count). The molecule has 0 unspecified atom stereocenters. The highest BCUT2D eigenvalue weighted by molar-refractivity contribution is 5.95. The van der Waals surface area contributed by atoms with Crippen LogP contribution in [0.15, 0.2) is 42.5 Å². The second kappa shape index (κ2) is 6.52. The van der Waals surface area contributed by atoms with E-state index in [9.17, 15) is 4.79 Å². The van der Waals surface area contributed by atoms with Crippen molar-refractivity contribution >= 4 is 17.3 Å². The first-order valence-corrected chi connectivity index (χ1v) is 7.63. The number of fused-ring (bicyclic) bond motifs is 1. The first-order chi connectivity index (χ1) is 10.7. The van der Waals surface area contributed by atoms with Gasteiger partial charge in [-0.2, -0.15) is 0 Å². The minimum absolute atomic E-state index is 0.0789. The zero-order valence-electron chi connectivity index (χ0n) is 12.7. The van der Waals surface area contributed by atoms with Crippen molar-refractivity contribution in [3.8, 4) is 5.75 Å². The lowest BCUT2D eigenvalue weighted by atomic mass is 10.1. The van der Waals surface area contributed by atoms with Crippen molar-refractivity contribution < 1.29 is 9.53 Å². The van der Waals surface area contributed by atoms with Gasteiger partial charge in [-0.15, -0.1) is 0 Å². The number of carbonyl (C=O) groups excluding carboxylic acids is 1. The van der Waals surface area contributed by atoms with Gasteiger partial charge in [0.15, 0.2) is 6.61 Å². The van der Waals surface area contributed by atoms with Gasteiger partial charge in [0, 0.05) is 18.3 Å². The predicted molar refractivity (Wildman–Crippen MR) is 88.3 cm³/mol. The predicted octanol–water partition coefficient (Wildman–Crippen LogP) is 3.58. The van der Waals surface area contributed by atoms with Crippen LogP contribution >= 0.6 is 0 Å². The Labute approximate surface area is 130 Å². The molecule has 114 valence electrons. The topological polar surface area (TPSA) is 50.4 Å². The number of benzene rings is 2. The molecule has 0 bridgehead atoms. The van der Waals surface area contributed by atoms with Crippen LogP contribution in [0, 0.1) is 0 Å². The number of amides is 1. The Morgan fingerprint density at radius 1 is 1.18 bits per heavy atom. The van der Waals surface area contributed by atoms with Crippen LogP contribution in [0.4, 0.5) is 11.4 Å². The Morgan fingerprint density at radius 2 is 2.05 bits per heavy atom. The Balaban J connectivity index is 1.66. The van der Waals surface area contributed by atoms with Crippen molar-refractivity contribution in [3.63, 3.8) is 0 Å². The molecule has 0 saturated carbocycles. The van der Waals surface area contributed by atoms with Crippen molar-refractivity contribution in [1.82, 2.24) is 0 Å². The van der Waals surface area contributed by atoms with Gasteiger partial charge in [0.05, 0.1) is 5.69 Å². The summed E-state index contributed by atoms with van der Waals surface area (Å²) in [5, 5.41) is 6.19. The van der Waals surface area contributed by atoms with Crippen LogP contribution in [0.25, 0.3) is 0 Å². The zero-order chi connectivity index (χ0) is 15.4. The number of anilines is 2. The summed E-state index contributed by atoms with van der Waals surface area (Å²) in [6, 6.07) is 14.4. The average Bonchev–Trinajstić information content (AvgIpc) is 2.53. The van der Waals surface area contributed by atoms with E-state index in [1.807, 2.05) is 18.2 Å². The molecule has 4 heteroatoms. The highest BCUT2D eigenvalue weighted by atomic mass is 16.5. The van der Waals surface area contributed by atoms with Crippen LogP contribution in [0.3, 0.4) is 0 Å². The van der Waals surface area contributed by atoms with Crippen LogP contribution in [0.5, 0.6) is 5.75 Å². The number of hydrogen-bond acceptors (Lipinski definition) is 3. The SMILES string of the molecule is CCCc1cccc(CNc2ccc3c(c2)OCC(=O)N3)c1. The highest BCUT2D eigenvalue weighted by Gasteiger charge is 2.15. The van der Waals surface area contributed by atoms with Crippen molar-refractivity contribution in [3.05, 3.63) is 53.6 Å². The van der Waals surface area contributed by atoms with Crippen LogP contribution in [-0.4, -0.2) is 12.5 Å². The van der Waals surface area contributed by atoms with Crippen LogP contribution in [-0.2, 0) is 17.8 Å². The maximum atomic E-state index is 11.3. The molecule has 0 fully saturated rings. The summed E-state index contributed by atoms with van der Waals surface area (Å²) in [6.45, 7) is 3.04. The molecule has 0 atom stereocenters. The maximum absolute atomic E-state index is 11.3. The minimum Gasteiger partial charge on any atom is -0.482 e. The molecule has 4 nitrogen and oxygen atoms in total. The monoisotopic (exact) mass is 296 g/mol. The van der Waals surface area contributed by atoms with Gasteiger partial charge in [0.25, 0.3) is 5.91 Å². The van der Waals surface area contributed by atoms with Gasteiger partial charge in [-0.1, -0.05) is 37.6 Å². The summed E-state index contributed by atoms with van der Waals surface area (Å²) in [7, 11) is 0. The van der Waals surface area contributed by atoms with Gasteiger partial charge >= 0.3 is 0 Å². The van der Waals surface area contributed by atoms with Gasteiger partial charge in [-0.05, 0) is 29.7 Å². The lowest BCUT2D eigenvalue weighted by molar-refractivity contribution is -0.118. The molecule has 2 aromatic carbocycles. The fraction of sp³-hybridized carbons (Fsp3) is 0.278. The van der Waals surface area contributed by atoms with Gasteiger partial charge in [0.1, 0.15) is 5.75 Å². The fourth-order valence-corrected chi connectivity index (χ4v) is 2.57. The lowest BCUT2D eigenvalue weighted by Gasteiger charge is -2.19. The summed E-state index contributed by atoms with van der Waals surface area (Å²) in [5.74, 6) is 0.602. The quantitative estimate of drug-likeness (QED) is 0.886. The van der Waals surface area contributed by atoms with Crippen LogP contribution in [0.1, 0.15) is 24.5 Å². The third kappa shape index (κ3) is 3.39. The molecular weight excluding hydrogens is 276 g/mol. The van der Waals surface area contributed by atoms with E-state index in [1.54, 1.807) is 0 Å². The van der Waals surface area contributed by atoms with E-state index in [1.165, 1.54) is 11.1 Å². The molecule has 1 heterocycles. The molecule has 22 heavy (non-hydrogen) atoms. The molecule has 0 aromatic heterocycles. The van der Waals surface area contributed by atoms with Crippen molar-refractivity contribution in [2.45, 2.75) is 26.3 Å². The summed E-state index contributed by atoms with van der Waals surface area (Å²) < 4.78 is 5.43. The summed E-state index contributed by atoms with van der Waals surface area (Å²) in [4.78, 5) is 11.3. The number of ether oxygens (including phenoxy) is 1. The van der Waals surface area contributed by atoms with Gasteiger partial charge in [-0.3, -0.25) is 4.79 Å². The van der Waals surface area contributed by atoms with Crippen molar-refractivity contribution in [2.24, 2.45) is 0 Å². The Bertz CT molecular complexity index is 683. The molecule has 0 spiro atoms. The van der Waals surface area contributed by atoms with E-state index in [2.05, 4.69) is 41.8 Å². The first-order valence-electron chi connectivity index (χ1n) is 7.63. The summed E-state index contributed by atoms with van der Waals surface area (Å²) >= 11 is 0. The van der Waals surface area contributed by atoms with Gasteiger partial charge in [-0.25, -0.2) is 0 Å². The number of carbonyl (C=O) groups is 1. The summed E-state index contributed by atoms with van der Waals surface area (Å²) in [5.41, 5.74) is 4.35. The fourth-order valence-electron chi connectivity index (χ4n) is 2.57. The normalized spacial score (nSPS) is 13.0. The first kappa shape index (κ1) is 14.4. The number of hydrogen-bond donors (Lipinski definition) is 2. The highest BCUT2D eigenvalue weighted by Crippen LogP contribution is 2.30. The Kier molecular flexibility index (Phi) is 4.28. The van der Waals surface area contributed by atoms with Crippen LogP contribution < -0.4 is 15.4 Å². The zero-order valence-corrected chi connectivity index (χ0v) is 12.7. The molecule has 2 aromatic rings. The lowest BCUT2D eigenvalue weighted by Crippen LogP contribution is -2.25. The number of rotatable bonds is 5. The van der Waals surface area contributed by atoms with E-state index < -0.39 is 0 Å². The smallest absolute Gasteiger partial charge is 0.262 e. The third-order valence-corrected chi connectivity index (χ3v) is 3.64. The van der Waals surface area contributed by atoms with E-state index in [0.29, 0.717) is 5.75 Å². The largest absolute Gasteiger partial charge is 0.482 e. The van der Waals surface area contributed by atoms with Crippen molar-refractivity contribution in [2.75, 3.05) is 17.2 Å². The standard InChI is InChI=1S/C18H20N2O2/c1-2-4-13-5-3-6-14(9-13)11-19-15-7-8-16-17(10-15)22-12-18(21)20-16/h3,5-10,19H,2,4,11-12H2,1H3,(H,20,21). The molecule has 1 amide bonds. The second-order valence-corrected chi connectivity index (χ2v) is 5.47. The average molecular weight is 296 g/mol. The number of nitrogens with one attached hydrogen (secondary N) is 2.